The Bertz CT molecular complexity index is 1790. The van der Waals surface area contributed by atoms with Crippen molar-refractivity contribution in [3.8, 4) is 0 Å². The highest BCUT2D eigenvalue weighted by atomic mass is 19.2. The molecule has 0 aromatic carbocycles. The number of piperidine rings is 1. The number of hydrogen-bond donors (Lipinski definition) is 2. The number of amides is 1. The summed E-state index contributed by atoms with van der Waals surface area (Å²) in [6, 6.07) is -1.18. The van der Waals surface area contributed by atoms with Gasteiger partial charge in [-0.25, -0.2) is 9.18 Å². The number of carbonyl (C=O) groups excluding carboxylic acids is 5. The number of alkyl halides is 1. The van der Waals surface area contributed by atoms with Crippen molar-refractivity contribution in [3.63, 3.8) is 0 Å². The van der Waals surface area contributed by atoms with Crippen LogP contribution in [0.25, 0.3) is 0 Å². The van der Waals surface area contributed by atoms with Crippen LogP contribution in [0.2, 0.25) is 0 Å². The first kappa shape index (κ1) is 54.2. The first-order valence-corrected chi connectivity index (χ1v) is 24.2. The molecule has 0 spiro atoms. The number of Topliss-reactive ketones (excluding diaryl/α,β-unsaturated/α-hetero) is 3. The zero-order valence-corrected chi connectivity index (χ0v) is 41.1. The molecule has 3 fully saturated rings. The Balaban J connectivity index is 1.71. The maximum absolute atomic E-state index is 17.1. The minimum Gasteiger partial charge on any atom is -0.460 e. The van der Waals surface area contributed by atoms with Crippen LogP contribution < -0.4 is 0 Å². The van der Waals surface area contributed by atoms with Gasteiger partial charge < -0.3 is 34.1 Å². The molecule has 0 radical (unpaired) electrons. The van der Waals surface area contributed by atoms with Gasteiger partial charge in [0.05, 0.1) is 18.3 Å². The van der Waals surface area contributed by atoms with E-state index in [0.717, 1.165) is 10.5 Å². The van der Waals surface area contributed by atoms with E-state index in [-0.39, 0.29) is 54.8 Å². The van der Waals surface area contributed by atoms with Gasteiger partial charge in [-0.05, 0) is 113 Å². The van der Waals surface area contributed by atoms with Crippen LogP contribution >= 0.6 is 0 Å². The van der Waals surface area contributed by atoms with Crippen LogP contribution in [0.1, 0.15) is 139 Å². The highest BCUT2D eigenvalue weighted by Crippen LogP contribution is 2.43. The molecule has 0 aromatic heterocycles. The molecule has 2 N–H and O–H groups in total. The number of aliphatic hydroxyl groups is 2. The van der Waals surface area contributed by atoms with Gasteiger partial charge in [-0.2, -0.15) is 0 Å². The molecule has 1 amide bonds. The summed E-state index contributed by atoms with van der Waals surface area (Å²) in [4.78, 5) is 71.6. The van der Waals surface area contributed by atoms with Crippen molar-refractivity contribution in [1.82, 2.24) is 4.90 Å². The zero-order valence-electron chi connectivity index (χ0n) is 41.1. The largest absolute Gasteiger partial charge is 0.460 e. The van der Waals surface area contributed by atoms with E-state index in [9.17, 15) is 34.2 Å². The average Bonchev–Trinajstić information content (AvgIpc) is 3.26. The molecule has 14 unspecified atom stereocenters. The van der Waals surface area contributed by atoms with E-state index in [4.69, 9.17) is 18.9 Å². The van der Waals surface area contributed by atoms with Crippen LogP contribution in [0.5, 0.6) is 0 Å². The molecule has 4 rings (SSSR count). The Morgan fingerprint density at radius 3 is 2.29 bits per heavy atom. The Hall–Kier alpha value is -3.36. The molecule has 3 heterocycles. The predicted molar refractivity (Wildman–Crippen MR) is 247 cm³/mol. The Kier molecular flexibility index (Phi) is 20.1. The van der Waals surface area contributed by atoms with Crippen LogP contribution in [0.3, 0.4) is 0 Å². The molecule has 13 heteroatoms. The van der Waals surface area contributed by atoms with Crippen LogP contribution in [-0.2, 0) is 42.9 Å². The third-order valence-corrected chi connectivity index (χ3v) is 14.9. The standard InChI is InChI=1S/C52H80FNO11/c1-31-17-13-12-14-18-36(6)51(8,9)30-39-22-20-37(7)52(53,65-39)48(59)49(60)54-24-16-15-19-40(54)50(61)64-43(33(3)27-38-21-23-41(55)44(28-38)62-10)29-42(56)32(2)26-35(5)46(58)47(63-11)45(57)34(4)25-31/h12-14,17-18,26,31-34,37-41,43-44,46-47,55,58H,15-16,19-25,27-30H2,1-11H3/b14-12+,17-13+,35-26+,36-18+. The van der Waals surface area contributed by atoms with E-state index >= 15 is 4.39 Å². The van der Waals surface area contributed by atoms with Crippen LogP contribution in [0.4, 0.5) is 4.39 Å². The Morgan fingerprint density at radius 2 is 1.62 bits per heavy atom. The fourth-order valence-corrected chi connectivity index (χ4v) is 10.2. The smallest absolute Gasteiger partial charge is 0.329 e. The quantitative estimate of drug-likeness (QED) is 0.155. The van der Waals surface area contributed by atoms with Gasteiger partial charge in [0.2, 0.25) is 0 Å². The van der Waals surface area contributed by atoms with E-state index < -0.39 is 83.2 Å². The van der Waals surface area contributed by atoms with Crippen molar-refractivity contribution in [2.45, 2.75) is 188 Å². The summed E-state index contributed by atoms with van der Waals surface area (Å²) in [5.41, 5.74) is 0.941. The van der Waals surface area contributed by atoms with Gasteiger partial charge in [-0.3, -0.25) is 19.2 Å². The molecule has 14 atom stereocenters. The van der Waals surface area contributed by atoms with Crippen LogP contribution in [-0.4, -0.2) is 114 Å². The van der Waals surface area contributed by atoms with Crippen molar-refractivity contribution >= 4 is 29.2 Å². The van der Waals surface area contributed by atoms with Gasteiger partial charge in [0, 0.05) is 44.9 Å². The number of ether oxygens (including phenoxy) is 4. The second-order valence-electron chi connectivity index (χ2n) is 20.6. The average molecular weight is 914 g/mol. The molecule has 4 aliphatic rings. The molecule has 1 saturated carbocycles. The molecule has 0 aromatic rings. The normalized spacial score (nSPS) is 40.1. The van der Waals surface area contributed by atoms with Gasteiger partial charge in [0.15, 0.2) is 5.78 Å². The number of fused-ring (bicyclic) bond motifs is 3. The third kappa shape index (κ3) is 14.1. The molecular weight excluding hydrogens is 834 g/mol. The first-order chi connectivity index (χ1) is 30.5. The number of rotatable bonds is 5. The zero-order chi connectivity index (χ0) is 48.4. The number of halogens is 1. The number of allylic oxidation sites excluding steroid dienone is 7. The molecule has 2 saturated heterocycles. The van der Waals surface area contributed by atoms with Gasteiger partial charge in [-0.15, -0.1) is 0 Å². The van der Waals surface area contributed by atoms with E-state index in [1.807, 2.05) is 71.9 Å². The lowest BCUT2D eigenvalue weighted by molar-refractivity contribution is -0.231. The van der Waals surface area contributed by atoms with Gasteiger partial charge in [0.25, 0.3) is 17.5 Å². The van der Waals surface area contributed by atoms with Crippen molar-refractivity contribution in [3.05, 3.63) is 47.6 Å². The number of carbonyl (C=O) groups is 5. The van der Waals surface area contributed by atoms with E-state index in [0.29, 0.717) is 69.8 Å². The molecular formula is C52H80FNO11. The highest BCUT2D eigenvalue weighted by Gasteiger charge is 2.55. The maximum Gasteiger partial charge on any atom is 0.329 e. The van der Waals surface area contributed by atoms with Crippen molar-refractivity contribution in [2.75, 3.05) is 20.8 Å². The summed E-state index contributed by atoms with van der Waals surface area (Å²) in [6.45, 7) is 16.7. The Labute approximate surface area is 387 Å². The summed E-state index contributed by atoms with van der Waals surface area (Å²) < 4.78 is 40.5. The molecule has 366 valence electrons. The minimum absolute atomic E-state index is 0.0257. The van der Waals surface area contributed by atoms with E-state index in [1.165, 1.54) is 7.11 Å². The predicted octanol–water partition coefficient (Wildman–Crippen LogP) is 8.17. The summed E-state index contributed by atoms with van der Waals surface area (Å²) in [6.07, 6.45) is 11.6. The molecule has 65 heavy (non-hydrogen) atoms. The number of methoxy groups -OCH3 is 2. The maximum atomic E-state index is 17.1. The summed E-state index contributed by atoms with van der Waals surface area (Å²) in [7, 11) is 2.94. The first-order valence-electron chi connectivity index (χ1n) is 24.2. The van der Waals surface area contributed by atoms with E-state index in [2.05, 4.69) is 0 Å². The summed E-state index contributed by atoms with van der Waals surface area (Å²) in [5, 5.41) is 21.9. The van der Waals surface area contributed by atoms with Gasteiger partial charge >= 0.3 is 5.97 Å². The van der Waals surface area contributed by atoms with Crippen molar-refractivity contribution < 1.29 is 57.5 Å². The topological polar surface area (TPSA) is 166 Å². The van der Waals surface area contributed by atoms with Crippen LogP contribution in [0.15, 0.2) is 47.6 Å². The van der Waals surface area contributed by atoms with Crippen LogP contribution in [0, 0.1) is 40.9 Å². The lowest BCUT2D eigenvalue weighted by Crippen LogP contribution is -2.59. The van der Waals surface area contributed by atoms with Crippen molar-refractivity contribution in [1.29, 1.82) is 0 Å². The molecule has 1 aliphatic carbocycles. The van der Waals surface area contributed by atoms with Gasteiger partial charge in [0.1, 0.15) is 30.1 Å². The highest BCUT2D eigenvalue weighted by molar-refractivity contribution is 6.39. The third-order valence-electron chi connectivity index (χ3n) is 14.9. The number of ketones is 3. The SMILES string of the molecule is COC1CC(CC(C)C2CC(=O)C(C)/C=C(\C)C(O)C(OC)C(=O)C(C)CC(C)/C=C/C=C/C=C(\C)C(C)(C)CC3CCC(C)C(F)(O3)C(=O)C(=O)N3CCCCC3C(=O)O2)CCC1O. The number of esters is 1. The van der Waals surface area contributed by atoms with E-state index in [1.54, 1.807) is 34.0 Å². The fourth-order valence-electron chi connectivity index (χ4n) is 10.2. The number of nitrogens with zero attached hydrogens (tertiary/aromatic N) is 1. The minimum atomic E-state index is -2.89. The lowest BCUT2D eigenvalue weighted by Gasteiger charge is -2.42. The van der Waals surface area contributed by atoms with Crippen molar-refractivity contribution in [2.24, 2.45) is 40.9 Å². The molecule has 3 aliphatic heterocycles. The summed E-state index contributed by atoms with van der Waals surface area (Å²) >= 11 is 0. The second kappa shape index (κ2) is 24.1. The number of cyclic esters (lactones) is 1. The monoisotopic (exact) mass is 914 g/mol. The summed E-state index contributed by atoms with van der Waals surface area (Å²) in [5.74, 6) is -8.96. The number of aliphatic hydroxyl groups excluding tert-OH is 2. The fraction of sp³-hybridized carbons (Fsp3) is 0.750. The van der Waals surface area contributed by atoms with Gasteiger partial charge in [-0.1, -0.05) is 90.5 Å². The number of hydrogen-bond acceptors (Lipinski definition) is 11. The Morgan fingerprint density at radius 1 is 0.908 bits per heavy atom. The lowest BCUT2D eigenvalue weighted by atomic mass is 9.77. The molecule has 12 nitrogen and oxygen atoms in total. The second-order valence-corrected chi connectivity index (χ2v) is 20.6. The molecule has 2 bridgehead atoms.